The van der Waals surface area contributed by atoms with Crippen molar-refractivity contribution in [2.24, 2.45) is 11.1 Å². The number of hydrogen-bond acceptors (Lipinski definition) is 1. The van der Waals surface area contributed by atoms with Crippen molar-refractivity contribution in [2.75, 3.05) is 6.54 Å². The van der Waals surface area contributed by atoms with Crippen molar-refractivity contribution in [1.82, 2.24) is 0 Å². The smallest absolute Gasteiger partial charge is 0.126 e. The molecule has 72 valence electrons. The van der Waals surface area contributed by atoms with Crippen LogP contribution in [0.1, 0.15) is 19.4 Å². The van der Waals surface area contributed by atoms with Gasteiger partial charge in [0.15, 0.2) is 0 Å². The topological polar surface area (TPSA) is 26.0 Å². The van der Waals surface area contributed by atoms with Crippen molar-refractivity contribution in [3.63, 3.8) is 0 Å². The lowest BCUT2D eigenvalue weighted by Crippen LogP contribution is -2.26. The average molecular weight is 181 g/mol. The summed E-state index contributed by atoms with van der Waals surface area (Å²) in [5, 5.41) is 0. The number of hydrogen-bond donors (Lipinski definition) is 1. The van der Waals surface area contributed by atoms with Gasteiger partial charge in [0.1, 0.15) is 5.82 Å². The van der Waals surface area contributed by atoms with Crippen LogP contribution in [0.2, 0.25) is 0 Å². The van der Waals surface area contributed by atoms with Crippen LogP contribution >= 0.6 is 0 Å². The molecule has 0 spiro atoms. The first-order valence-corrected chi connectivity index (χ1v) is 4.49. The van der Waals surface area contributed by atoms with Crippen LogP contribution in [-0.2, 0) is 6.42 Å². The maximum absolute atomic E-state index is 13.2. The van der Waals surface area contributed by atoms with Gasteiger partial charge >= 0.3 is 0 Å². The number of nitrogens with two attached hydrogens (primary N) is 1. The molecule has 0 aliphatic heterocycles. The summed E-state index contributed by atoms with van der Waals surface area (Å²) in [6, 6.07) is 6.86. The zero-order chi connectivity index (χ0) is 9.90. The van der Waals surface area contributed by atoms with E-state index in [0.29, 0.717) is 13.0 Å². The molecule has 0 bridgehead atoms. The van der Waals surface area contributed by atoms with Crippen molar-refractivity contribution in [3.8, 4) is 0 Å². The molecular weight excluding hydrogens is 165 g/mol. The molecule has 0 aliphatic carbocycles. The first-order chi connectivity index (χ1) is 6.05. The minimum atomic E-state index is -0.135. The van der Waals surface area contributed by atoms with Gasteiger partial charge in [-0.05, 0) is 30.0 Å². The number of halogens is 1. The van der Waals surface area contributed by atoms with Crippen molar-refractivity contribution >= 4 is 0 Å². The third kappa shape index (κ3) is 2.81. The Morgan fingerprint density at radius 2 is 1.92 bits per heavy atom. The highest BCUT2D eigenvalue weighted by atomic mass is 19.1. The van der Waals surface area contributed by atoms with Gasteiger partial charge in [-0.15, -0.1) is 0 Å². The lowest BCUT2D eigenvalue weighted by molar-refractivity contribution is 0.370. The highest BCUT2D eigenvalue weighted by molar-refractivity contribution is 5.18. The van der Waals surface area contributed by atoms with Crippen LogP contribution in [0, 0.1) is 11.2 Å². The van der Waals surface area contributed by atoms with E-state index >= 15 is 0 Å². The monoisotopic (exact) mass is 181 g/mol. The summed E-state index contributed by atoms with van der Waals surface area (Å²) >= 11 is 0. The Balaban J connectivity index is 2.80. The van der Waals surface area contributed by atoms with Crippen molar-refractivity contribution < 1.29 is 4.39 Å². The maximum atomic E-state index is 13.2. The fourth-order valence-corrected chi connectivity index (χ4v) is 1.23. The van der Waals surface area contributed by atoms with Gasteiger partial charge in [-0.25, -0.2) is 4.39 Å². The van der Waals surface area contributed by atoms with E-state index in [4.69, 9.17) is 5.73 Å². The van der Waals surface area contributed by atoms with Gasteiger partial charge in [0.2, 0.25) is 0 Å². The number of benzene rings is 1. The molecule has 0 radical (unpaired) electrons. The molecule has 13 heavy (non-hydrogen) atoms. The molecule has 0 amide bonds. The van der Waals surface area contributed by atoms with Crippen molar-refractivity contribution in [1.29, 1.82) is 0 Å². The summed E-state index contributed by atoms with van der Waals surface area (Å²) in [5.41, 5.74) is 6.30. The second-order valence-electron chi connectivity index (χ2n) is 4.14. The maximum Gasteiger partial charge on any atom is 0.126 e. The van der Waals surface area contributed by atoms with E-state index in [0.717, 1.165) is 5.56 Å². The van der Waals surface area contributed by atoms with Gasteiger partial charge in [0.05, 0.1) is 0 Å². The van der Waals surface area contributed by atoms with Crippen LogP contribution < -0.4 is 5.73 Å². The molecule has 0 aromatic heterocycles. The van der Waals surface area contributed by atoms with Gasteiger partial charge in [-0.3, -0.25) is 0 Å². The summed E-state index contributed by atoms with van der Waals surface area (Å²) in [4.78, 5) is 0. The fraction of sp³-hybridized carbons (Fsp3) is 0.455. The van der Waals surface area contributed by atoms with E-state index in [1.165, 1.54) is 6.07 Å². The zero-order valence-corrected chi connectivity index (χ0v) is 8.18. The molecule has 0 aliphatic rings. The Bertz CT molecular complexity index is 281. The minimum Gasteiger partial charge on any atom is -0.330 e. The normalized spacial score (nSPS) is 11.7. The average Bonchev–Trinajstić information content (AvgIpc) is 2.09. The zero-order valence-electron chi connectivity index (χ0n) is 8.18. The lowest BCUT2D eigenvalue weighted by atomic mass is 9.86. The van der Waals surface area contributed by atoms with Crippen LogP contribution in [0.25, 0.3) is 0 Å². The van der Waals surface area contributed by atoms with Gasteiger partial charge in [0, 0.05) is 0 Å². The van der Waals surface area contributed by atoms with Crippen LogP contribution in [0.5, 0.6) is 0 Å². The van der Waals surface area contributed by atoms with Crippen LogP contribution in [0.3, 0.4) is 0 Å². The first kappa shape index (κ1) is 10.2. The van der Waals surface area contributed by atoms with E-state index in [-0.39, 0.29) is 11.2 Å². The molecule has 0 saturated carbocycles. The summed E-state index contributed by atoms with van der Waals surface area (Å²) in [6.45, 7) is 4.65. The largest absolute Gasteiger partial charge is 0.330 e. The third-order valence-electron chi connectivity index (χ3n) is 2.18. The molecule has 0 atom stereocenters. The predicted octanol–water partition coefficient (Wildman–Crippen LogP) is 2.35. The SMILES string of the molecule is CC(C)(CN)Cc1ccccc1F. The molecule has 2 N–H and O–H groups in total. The van der Waals surface area contributed by atoms with E-state index in [9.17, 15) is 4.39 Å². The van der Waals surface area contributed by atoms with Gasteiger partial charge < -0.3 is 5.73 Å². The molecule has 1 aromatic rings. The molecule has 1 nitrogen and oxygen atoms in total. The van der Waals surface area contributed by atoms with E-state index in [1.54, 1.807) is 6.07 Å². The minimum absolute atomic E-state index is 0.0256. The Kier molecular flexibility index (Phi) is 3.04. The first-order valence-electron chi connectivity index (χ1n) is 4.49. The summed E-state index contributed by atoms with van der Waals surface area (Å²) < 4.78 is 13.2. The molecular formula is C11H16FN. The van der Waals surface area contributed by atoms with Gasteiger partial charge in [0.25, 0.3) is 0 Å². The lowest BCUT2D eigenvalue weighted by Gasteiger charge is -2.22. The van der Waals surface area contributed by atoms with Crippen LogP contribution in [-0.4, -0.2) is 6.54 Å². The standard InChI is InChI=1S/C11H16FN/c1-11(2,8-13)7-9-5-3-4-6-10(9)12/h3-6H,7-8,13H2,1-2H3. The van der Waals surface area contributed by atoms with Crippen LogP contribution in [0.4, 0.5) is 4.39 Å². The van der Waals surface area contributed by atoms with Gasteiger partial charge in [-0.2, -0.15) is 0 Å². The van der Waals surface area contributed by atoms with Gasteiger partial charge in [-0.1, -0.05) is 32.0 Å². The Labute approximate surface area is 78.8 Å². The summed E-state index contributed by atoms with van der Waals surface area (Å²) in [5.74, 6) is -0.135. The predicted molar refractivity (Wildman–Crippen MR) is 52.9 cm³/mol. The third-order valence-corrected chi connectivity index (χ3v) is 2.18. The second-order valence-corrected chi connectivity index (χ2v) is 4.14. The summed E-state index contributed by atoms with van der Waals surface area (Å²) in [7, 11) is 0. The molecule has 0 saturated heterocycles. The quantitative estimate of drug-likeness (QED) is 0.761. The molecule has 0 unspecified atom stereocenters. The van der Waals surface area contributed by atoms with Crippen LogP contribution in [0.15, 0.2) is 24.3 Å². The molecule has 1 rings (SSSR count). The van der Waals surface area contributed by atoms with Crippen molar-refractivity contribution in [3.05, 3.63) is 35.6 Å². The molecule has 0 fully saturated rings. The highest BCUT2D eigenvalue weighted by Crippen LogP contribution is 2.21. The van der Waals surface area contributed by atoms with E-state index in [1.807, 2.05) is 26.0 Å². The Morgan fingerprint density at radius 3 is 2.46 bits per heavy atom. The summed E-state index contributed by atoms with van der Waals surface area (Å²) in [6.07, 6.45) is 0.691. The molecule has 0 heterocycles. The van der Waals surface area contributed by atoms with E-state index < -0.39 is 0 Å². The highest BCUT2D eigenvalue weighted by Gasteiger charge is 2.17. The molecule has 1 aromatic carbocycles. The molecule has 2 heteroatoms. The number of rotatable bonds is 3. The Morgan fingerprint density at radius 1 is 1.31 bits per heavy atom. The second kappa shape index (κ2) is 3.88. The van der Waals surface area contributed by atoms with E-state index in [2.05, 4.69) is 0 Å². The van der Waals surface area contributed by atoms with Crippen molar-refractivity contribution in [2.45, 2.75) is 20.3 Å². The fourth-order valence-electron chi connectivity index (χ4n) is 1.23. The Hall–Kier alpha value is -0.890.